The number of halogens is 15. The fourth-order valence-electron chi connectivity index (χ4n) is 4.97. The minimum Gasteiger partial charge on any atom is -0.307 e. The van der Waals surface area contributed by atoms with Gasteiger partial charge in [-0.15, -0.1) is 35.4 Å². The van der Waals surface area contributed by atoms with Crippen molar-refractivity contribution in [1.82, 2.24) is 0 Å². The molecular formula is C29H17BF15N. The number of allylic oxidation sites excluding steroid dienone is 1. The Morgan fingerprint density at radius 1 is 0.457 bits per heavy atom. The highest BCUT2D eigenvalue weighted by molar-refractivity contribution is 7.12. The third-order valence-electron chi connectivity index (χ3n) is 7.08. The molecule has 4 aromatic carbocycles. The van der Waals surface area contributed by atoms with Gasteiger partial charge in [0.2, 0.25) is 0 Å². The van der Waals surface area contributed by atoms with Crippen LogP contribution in [0.4, 0.5) is 71.5 Å². The minimum absolute atomic E-state index is 0.189. The van der Waals surface area contributed by atoms with Crippen LogP contribution in [0.2, 0.25) is 6.32 Å². The molecular weight excluding hydrogens is 658 g/mol. The van der Waals surface area contributed by atoms with Gasteiger partial charge in [-0.2, -0.15) is 0 Å². The van der Waals surface area contributed by atoms with Crippen molar-refractivity contribution in [2.45, 2.75) is 6.32 Å². The van der Waals surface area contributed by atoms with Crippen molar-refractivity contribution < 1.29 is 70.8 Å². The molecule has 0 bridgehead atoms. The topological polar surface area (TPSA) is 4.44 Å². The average Bonchev–Trinajstić information content (AvgIpc) is 3.03. The summed E-state index contributed by atoms with van der Waals surface area (Å²) in [6, 6.07) is 10.4. The lowest BCUT2D eigenvalue weighted by Gasteiger charge is -2.43. The van der Waals surface area contributed by atoms with E-state index in [0.717, 1.165) is 0 Å². The zero-order chi connectivity index (χ0) is 35.0. The Hall–Kier alpha value is -4.41. The molecule has 0 amide bonds. The van der Waals surface area contributed by atoms with Gasteiger partial charge in [-0.3, -0.25) is 0 Å². The summed E-state index contributed by atoms with van der Waals surface area (Å²) in [6.45, 7) is 2.88. The molecule has 0 aliphatic rings. The van der Waals surface area contributed by atoms with E-state index >= 15 is 0 Å². The Morgan fingerprint density at radius 3 is 0.891 bits per heavy atom. The van der Waals surface area contributed by atoms with Gasteiger partial charge in [-0.25, -0.2) is 65.9 Å². The normalized spacial score (nSPS) is 11.5. The zero-order valence-electron chi connectivity index (χ0n) is 23.1. The van der Waals surface area contributed by atoms with E-state index in [-0.39, 0.29) is 6.08 Å². The number of para-hydroxylation sites is 1. The van der Waals surface area contributed by atoms with Crippen LogP contribution < -0.4 is 21.3 Å². The Labute approximate surface area is 250 Å². The zero-order valence-corrected chi connectivity index (χ0v) is 23.1. The maximum absolute atomic E-state index is 14.9. The molecule has 246 valence electrons. The number of quaternary nitrogens is 1. The number of hydrogen-bond donors (Lipinski definition) is 1. The molecule has 0 heterocycles. The second-order valence-electron chi connectivity index (χ2n) is 9.89. The van der Waals surface area contributed by atoms with Crippen molar-refractivity contribution in [3.63, 3.8) is 0 Å². The van der Waals surface area contributed by atoms with E-state index in [0.29, 0.717) is 0 Å². The Kier molecular flexibility index (Phi) is 10.6. The summed E-state index contributed by atoms with van der Waals surface area (Å²) in [5, 5.41) is 0. The molecule has 0 spiro atoms. The van der Waals surface area contributed by atoms with Gasteiger partial charge in [0.15, 0.2) is 52.4 Å². The van der Waals surface area contributed by atoms with Crippen LogP contribution in [-0.4, -0.2) is 20.2 Å². The summed E-state index contributed by atoms with van der Waals surface area (Å²) >= 11 is 0. The smallest absolute Gasteiger partial charge is 0.200 e. The van der Waals surface area contributed by atoms with Gasteiger partial charge in [0, 0.05) is 0 Å². The van der Waals surface area contributed by atoms with Crippen molar-refractivity contribution in [2.24, 2.45) is 0 Å². The van der Waals surface area contributed by atoms with Crippen LogP contribution in [0, 0.1) is 87.3 Å². The molecule has 0 saturated heterocycles. The van der Waals surface area contributed by atoms with Gasteiger partial charge in [0.05, 0.1) is 14.1 Å². The standard InChI is InChI=1S/C21H5BF15.C8H11N/c1-2-3-22(4-7(23)13(29)19(35)14(30)8(4)24,5-9(25)15(31)20(36)16(32)10(5)26)6-11(27)17(33)21(37)18(34)12(6)28;1-9(2)8-6-4-3-5-7-8/h2H,1,3H2;3-7H,1-2H3/q-1;/p+1. The first kappa shape index (κ1) is 36.1. The maximum atomic E-state index is 14.9. The van der Waals surface area contributed by atoms with E-state index in [4.69, 9.17) is 0 Å². The van der Waals surface area contributed by atoms with Crippen molar-refractivity contribution >= 4 is 28.2 Å². The lowest BCUT2D eigenvalue weighted by molar-refractivity contribution is -0.786. The van der Waals surface area contributed by atoms with Crippen LogP contribution in [0.15, 0.2) is 43.0 Å². The Balaban J connectivity index is 0.000000549. The molecule has 0 aliphatic heterocycles. The van der Waals surface area contributed by atoms with Gasteiger partial charge < -0.3 is 4.90 Å². The highest BCUT2D eigenvalue weighted by Gasteiger charge is 2.47. The predicted octanol–water partition coefficient (Wildman–Crippen LogP) is 5.89. The van der Waals surface area contributed by atoms with Crippen LogP contribution in [0.25, 0.3) is 0 Å². The summed E-state index contributed by atoms with van der Waals surface area (Å²) in [6.07, 6.45) is -7.22. The molecule has 0 radical (unpaired) electrons. The van der Waals surface area contributed by atoms with E-state index < -0.39 is 116 Å². The summed E-state index contributed by atoms with van der Waals surface area (Å²) in [5.41, 5.74) is -6.62. The van der Waals surface area contributed by atoms with Gasteiger partial charge in [-0.1, -0.05) is 18.2 Å². The second kappa shape index (κ2) is 13.5. The Bertz CT molecular complexity index is 1570. The minimum atomic E-state index is -5.52. The first-order valence-corrected chi connectivity index (χ1v) is 12.6. The van der Waals surface area contributed by atoms with Crippen LogP contribution >= 0.6 is 0 Å². The van der Waals surface area contributed by atoms with Crippen molar-refractivity contribution in [2.75, 3.05) is 14.1 Å². The molecule has 0 aromatic heterocycles. The predicted molar refractivity (Wildman–Crippen MR) is 137 cm³/mol. The van der Waals surface area contributed by atoms with Crippen molar-refractivity contribution in [3.8, 4) is 0 Å². The molecule has 0 fully saturated rings. The molecule has 17 heteroatoms. The highest BCUT2D eigenvalue weighted by Crippen LogP contribution is 2.29. The molecule has 46 heavy (non-hydrogen) atoms. The Morgan fingerprint density at radius 2 is 0.696 bits per heavy atom. The quantitative estimate of drug-likeness (QED) is 0.0856. The van der Waals surface area contributed by atoms with Gasteiger partial charge in [0.1, 0.15) is 46.7 Å². The molecule has 1 nitrogen and oxygen atoms in total. The van der Waals surface area contributed by atoms with Crippen LogP contribution in [0.1, 0.15) is 0 Å². The third kappa shape index (κ3) is 5.71. The number of rotatable bonds is 6. The van der Waals surface area contributed by atoms with Crippen molar-refractivity contribution in [1.29, 1.82) is 0 Å². The van der Waals surface area contributed by atoms with E-state index in [1.165, 1.54) is 10.6 Å². The fourth-order valence-corrected chi connectivity index (χ4v) is 4.97. The number of benzene rings is 4. The SMILES string of the molecule is C=CC[B-](c1c(F)c(F)c(F)c(F)c1F)(c1c(F)c(F)c(F)c(F)c1F)c1c(F)c(F)c(F)c(F)c1F.C[NH+](C)c1ccccc1. The number of nitrogens with one attached hydrogen (secondary N) is 1. The molecule has 0 saturated carbocycles. The van der Waals surface area contributed by atoms with Crippen LogP contribution in [0.3, 0.4) is 0 Å². The fraction of sp³-hybridized carbons (Fsp3) is 0.103. The molecule has 0 unspecified atom stereocenters. The maximum Gasteiger partial charge on any atom is 0.200 e. The van der Waals surface area contributed by atoms with Gasteiger partial charge in [-0.05, 0) is 12.1 Å². The molecule has 4 rings (SSSR count). The third-order valence-corrected chi connectivity index (χ3v) is 7.08. The molecule has 0 atom stereocenters. The lowest BCUT2D eigenvalue weighted by atomic mass is 9.13. The average molecular weight is 675 g/mol. The second-order valence-corrected chi connectivity index (χ2v) is 9.89. The first-order chi connectivity index (χ1) is 21.4. The van der Waals surface area contributed by atoms with Gasteiger partial charge in [0.25, 0.3) is 0 Å². The van der Waals surface area contributed by atoms with E-state index in [1.54, 1.807) is 0 Å². The van der Waals surface area contributed by atoms with E-state index in [2.05, 4.69) is 44.9 Å². The summed E-state index contributed by atoms with van der Waals surface area (Å²) < 4.78 is 215. The van der Waals surface area contributed by atoms with Crippen molar-refractivity contribution in [3.05, 3.63) is 130 Å². The monoisotopic (exact) mass is 675 g/mol. The first-order valence-electron chi connectivity index (χ1n) is 12.6. The van der Waals surface area contributed by atoms with Gasteiger partial charge >= 0.3 is 0 Å². The largest absolute Gasteiger partial charge is 0.307 e. The van der Waals surface area contributed by atoms with E-state index in [1.807, 2.05) is 6.07 Å². The molecule has 4 aromatic rings. The summed E-state index contributed by atoms with van der Waals surface area (Å²) in [7, 11) is 4.24. The van der Waals surface area contributed by atoms with Crippen LogP contribution in [-0.2, 0) is 0 Å². The number of hydrogen-bond acceptors (Lipinski definition) is 0. The molecule has 1 N–H and O–H groups in total. The van der Waals surface area contributed by atoms with Crippen LogP contribution in [0.5, 0.6) is 0 Å². The summed E-state index contributed by atoms with van der Waals surface area (Å²) in [4.78, 5) is 1.37. The lowest BCUT2D eigenvalue weighted by Crippen LogP contribution is -3.00. The van der Waals surface area contributed by atoms with E-state index in [9.17, 15) is 65.9 Å². The highest BCUT2D eigenvalue weighted by atomic mass is 19.2. The molecule has 0 aliphatic carbocycles. The summed E-state index contributed by atoms with van der Waals surface area (Å²) in [5.74, 6) is -45.3.